The zero-order valence-corrected chi connectivity index (χ0v) is 12.5. The van der Waals surface area contributed by atoms with E-state index in [-0.39, 0.29) is 29.3 Å². The van der Waals surface area contributed by atoms with Gasteiger partial charge in [-0.3, -0.25) is 4.98 Å². The van der Waals surface area contributed by atoms with Crippen molar-refractivity contribution in [1.29, 1.82) is 0 Å². The lowest BCUT2D eigenvalue weighted by Gasteiger charge is -2.33. The highest BCUT2D eigenvalue weighted by Gasteiger charge is 2.31. The first-order chi connectivity index (χ1) is 8.51. The van der Waals surface area contributed by atoms with Crippen LogP contribution >= 0.6 is 12.4 Å². The molecule has 1 aromatic heterocycles. The fourth-order valence-electron chi connectivity index (χ4n) is 2.27. The van der Waals surface area contributed by atoms with E-state index in [9.17, 15) is 8.42 Å². The molecule has 0 aliphatic carbocycles. The lowest BCUT2D eigenvalue weighted by atomic mass is 9.93. The molecule has 1 fully saturated rings. The number of piperidine rings is 1. The van der Waals surface area contributed by atoms with Gasteiger partial charge in [0, 0.05) is 31.5 Å². The molecule has 2 N–H and O–H groups in total. The van der Waals surface area contributed by atoms with Crippen molar-refractivity contribution in [2.45, 2.75) is 30.7 Å². The highest BCUT2D eigenvalue weighted by molar-refractivity contribution is 7.89. The van der Waals surface area contributed by atoms with E-state index in [1.54, 1.807) is 18.3 Å². The molecule has 0 amide bonds. The second kappa shape index (κ2) is 6.65. The number of hydrogen-bond acceptors (Lipinski definition) is 4. The SMILES string of the molecule is CC(N)C1CCCN(S(=O)(=O)c2cccnc2)C1.Cl. The molecule has 2 unspecified atom stereocenters. The highest BCUT2D eigenvalue weighted by atomic mass is 35.5. The van der Waals surface area contributed by atoms with Crippen LogP contribution in [0.3, 0.4) is 0 Å². The number of hydrogen-bond donors (Lipinski definition) is 1. The number of sulfonamides is 1. The highest BCUT2D eigenvalue weighted by Crippen LogP contribution is 2.24. The summed E-state index contributed by atoms with van der Waals surface area (Å²) in [5, 5.41) is 0. The van der Waals surface area contributed by atoms with Gasteiger partial charge in [-0.1, -0.05) is 0 Å². The molecule has 1 aliphatic heterocycles. The lowest BCUT2D eigenvalue weighted by Crippen LogP contribution is -2.44. The number of pyridine rings is 1. The van der Waals surface area contributed by atoms with E-state index >= 15 is 0 Å². The number of halogens is 1. The maximum atomic E-state index is 12.4. The van der Waals surface area contributed by atoms with Gasteiger partial charge in [0.1, 0.15) is 4.90 Å². The molecule has 5 nitrogen and oxygen atoms in total. The van der Waals surface area contributed by atoms with Crippen LogP contribution in [0.5, 0.6) is 0 Å². The molecule has 0 spiro atoms. The van der Waals surface area contributed by atoms with Crippen LogP contribution in [-0.4, -0.2) is 36.8 Å². The maximum Gasteiger partial charge on any atom is 0.244 e. The standard InChI is InChI=1S/C12H19N3O2S.ClH/c1-10(13)11-4-3-7-15(9-11)18(16,17)12-5-2-6-14-8-12;/h2,5-6,8,10-11H,3-4,7,9,13H2,1H3;1H. The summed E-state index contributed by atoms with van der Waals surface area (Å²) in [5.41, 5.74) is 5.88. The zero-order valence-electron chi connectivity index (χ0n) is 10.9. The largest absolute Gasteiger partial charge is 0.328 e. The first-order valence-electron chi connectivity index (χ1n) is 6.17. The van der Waals surface area contributed by atoms with Crippen molar-refractivity contribution in [1.82, 2.24) is 9.29 Å². The van der Waals surface area contributed by atoms with Crippen LogP contribution in [0.1, 0.15) is 19.8 Å². The van der Waals surface area contributed by atoms with Crippen molar-refractivity contribution in [2.24, 2.45) is 11.7 Å². The minimum Gasteiger partial charge on any atom is -0.328 e. The Kier molecular flexibility index (Phi) is 5.73. The van der Waals surface area contributed by atoms with Gasteiger partial charge < -0.3 is 5.73 Å². The number of rotatable bonds is 3. The third-order valence-corrected chi connectivity index (χ3v) is 5.29. The van der Waals surface area contributed by atoms with E-state index in [0.717, 1.165) is 12.8 Å². The van der Waals surface area contributed by atoms with Crippen LogP contribution in [0.4, 0.5) is 0 Å². The van der Waals surface area contributed by atoms with Gasteiger partial charge in [-0.05, 0) is 37.8 Å². The smallest absolute Gasteiger partial charge is 0.244 e. The van der Waals surface area contributed by atoms with Gasteiger partial charge in [0.2, 0.25) is 10.0 Å². The Morgan fingerprint density at radius 3 is 2.84 bits per heavy atom. The minimum absolute atomic E-state index is 0. The number of nitrogens with two attached hydrogens (primary N) is 1. The number of aromatic nitrogens is 1. The Hall–Kier alpha value is -0.690. The van der Waals surface area contributed by atoms with Crippen LogP contribution in [0.15, 0.2) is 29.4 Å². The molecule has 108 valence electrons. The van der Waals surface area contributed by atoms with Crippen molar-refractivity contribution >= 4 is 22.4 Å². The first kappa shape index (κ1) is 16.4. The minimum atomic E-state index is -3.41. The second-order valence-electron chi connectivity index (χ2n) is 4.81. The van der Waals surface area contributed by atoms with Crippen LogP contribution in [0.25, 0.3) is 0 Å². The average Bonchev–Trinajstić information content (AvgIpc) is 2.40. The normalized spacial score (nSPS) is 22.5. The van der Waals surface area contributed by atoms with Gasteiger partial charge in [0.15, 0.2) is 0 Å². The molecule has 0 aromatic carbocycles. The fraction of sp³-hybridized carbons (Fsp3) is 0.583. The van der Waals surface area contributed by atoms with Crippen LogP contribution < -0.4 is 5.73 Å². The van der Waals surface area contributed by atoms with Crippen molar-refractivity contribution in [3.8, 4) is 0 Å². The monoisotopic (exact) mass is 305 g/mol. The topological polar surface area (TPSA) is 76.3 Å². The van der Waals surface area contributed by atoms with Crippen LogP contribution in [-0.2, 0) is 10.0 Å². The molecule has 19 heavy (non-hydrogen) atoms. The van der Waals surface area contributed by atoms with E-state index in [1.165, 1.54) is 10.5 Å². The Morgan fingerprint density at radius 2 is 2.26 bits per heavy atom. The Bertz CT molecular complexity index is 493. The predicted molar refractivity (Wildman–Crippen MR) is 76.6 cm³/mol. The van der Waals surface area contributed by atoms with E-state index in [1.807, 2.05) is 6.92 Å². The molecule has 7 heteroatoms. The van der Waals surface area contributed by atoms with Crippen molar-refractivity contribution in [3.63, 3.8) is 0 Å². The average molecular weight is 306 g/mol. The van der Waals surface area contributed by atoms with Gasteiger partial charge in [0.05, 0.1) is 0 Å². The summed E-state index contributed by atoms with van der Waals surface area (Å²) in [6, 6.07) is 3.24. The summed E-state index contributed by atoms with van der Waals surface area (Å²) in [6.45, 7) is 3.01. The molecular weight excluding hydrogens is 286 g/mol. The van der Waals surface area contributed by atoms with E-state index in [0.29, 0.717) is 13.1 Å². The molecule has 0 radical (unpaired) electrons. The summed E-state index contributed by atoms with van der Waals surface area (Å²) in [4.78, 5) is 4.13. The Balaban J connectivity index is 0.00000180. The summed E-state index contributed by atoms with van der Waals surface area (Å²) < 4.78 is 26.3. The molecule has 1 saturated heterocycles. The van der Waals surface area contributed by atoms with Crippen molar-refractivity contribution < 1.29 is 8.42 Å². The molecule has 2 rings (SSSR count). The van der Waals surface area contributed by atoms with Crippen molar-refractivity contribution in [2.75, 3.05) is 13.1 Å². The Morgan fingerprint density at radius 1 is 1.53 bits per heavy atom. The van der Waals surface area contributed by atoms with E-state index in [2.05, 4.69) is 4.98 Å². The van der Waals surface area contributed by atoms with E-state index < -0.39 is 10.0 Å². The summed E-state index contributed by atoms with van der Waals surface area (Å²) >= 11 is 0. The quantitative estimate of drug-likeness (QED) is 0.912. The molecule has 1 aromatic rings. The van der Waals surface area contributed by atoms with Gasteiger partial charge in [-0.2, -0.15) is 4.31 Å². The van der Waals surface area contributed by atoms with Gasteiger partial charge >= 0.3 is 0 Å². The molecule has 2 atom stereocenters. The molecule has 1 aliphatic rings. The third kappa shape index (κ3) is 3.66. The zero-order chi connectivity index (χ0) is 13.2. The molecule has 0 bridgehead atoms. The summed E-state index contributed by atoms with van der Waals surface area (Å²) in [6.07, 6.45) is 4.83. The molecule has 2 heterocycles. The van der Waals surface area contributed by atoms with Gasteiger partial charge in [0.25, 0.3) is 0 Å². The van der Waals surface area contributed by atoms with Gasteiger partial charge in [-0.25, -0.2) is 8.42 Å². The van der Waals surface area contributed by atoms with Crippen LogP contribution in [0.2, 0.25) is 0 Å². The first-order valence-corrected chi connectivity index (χ1v) is 7.61. The Labute approximate surface area is 120 Å². The third-order valence-electron chi connectivity index (χ3n) is 3.44. The molecule has 0 saturated carbocycles. The fourth-order valence-corrected chi connectivity index (χ4v) is 3.77. The van der Waals surface area contributed by atoms with Gasteiger partial charge in [-0.15, -0.1) is 12.4 Å². The number of nitrogens with zero attached hydrogens (tertiary/aromatic N) is 2. The maximum absolute atomic E-state index is 12.4. The predicted octanol–water partition coefficient (Wildman–Crippen LogP) is 1.25. The second-order valence-corrected chi connectivity index (χ2v) is 6.75. The van der Waals surface area contributed by atoms with Crippen molar-refractivity contribution in [3.05, 3.63) is 24.5 Å². The summed E-state index contributed by atoms with van der Waals surface area (Å²) in [7, 11) is -3.41. The summed E-state index contributed by atoms with van der Waals surface area (Å²) in [5.74, 6) is 0.241. The van der Waals surface area contributed by atoms with Crippen LogP contribution in [0, 0.1) is 5.92 Å². The lowest BCUT2D eigenvalue weighted by molar-refractivity contribution is 0.243. The molecular formula is C12H20ClN3O2S. The van der Waals surface area contributed by atoms with E-state index in [4.69, 9.17) is 5.73 Å².